The zero-order chi connectivity index (χ0) is 9.68. The fourth-order valence-corrected chi connectivity index (χ4v) is 0.890. The van der Waals surface area contributed by atoms with E-state index in [1.165, 1.54) is 6.08 Å². The Kier molecular flexibility index (Phi) is 3.23. The maximum absolute atomic E-state index is 12.8. The summed E-state index contributed by atoms with van der Waals surface area (Å²) in [5.74, 6) is -1.44. The summed E-state index contributed by atoms with van der Waals surface area (Å²) < 4.78 is 25.7. The minimum absolute atomic E-state index is 0.0291. The summed E-state index contributed by atoms with van der Waals surface area (Å²) in [6, 6.07) is 0. The van der Waals surface area contributed by atoms with Crippen molar-refractivity contribution in [2.75, 3.05) is 6.54 Å². The molecule has 0 aliphatic carbocycles. The molecule has 0 aliphatic heterocycles. The topological polar surface area (TPSA) is 42.3 Å². The first-order valence-electron chi connectivity index (χ1n) is 3.57. The number of carbonyl (C=O) groups excluding carboxylic acids is 1. The number of aliphatic imine (C=N–C) groups is 1. The molecule has 3 nitrogen and oxygen atoms in total. The van der Waals surface area contributed by atoms with E-state index in [-0.39, 0.29) is 18.5 Å². The number of hydrogen-bond donors (Lipinski definition) is 0. The largest absolute Gasteiger partial charge is 0.259 e. The molecule has 0 N–H and O–H groups in total. The van der Waals surface area contributed by atoms with Gasteiger partial charge in [0.1, 0.15) is 11.6 Å². The average Bonchev–Trinajstić information content (AvgIpc) is 2.10. The summed E-state index contributed by atoms with van der Waals surface area (Å²) in [6.45, 7) is 0.0291. The molecule has 0 atom stereocenters. The highest BCUT2D eigenvalue weighted by Crippen LogP contribution is 2.10. The molecule has 0 aromatic carbocycles. The zero-order valence-corrected chi connectivity index (χ0v) is 6.63. The normalized spacial score (nSPS) is 9.38. The van der Waals surface area contributed by atoms with Gasteiger partial charge in [0.15, 0.2) is 0 Å². The summed E-state index contributed by atoms with van der Waals surface area (Å²) in [6.07, 6.45) is 3.17. The number of hydrogen-bond acceptors (Lipinski definition) is 3. The second-order valence-corrected chi connectivity index (χ2v) is 2.30. The molecule has 0 amide bonds. The first kappa shape index (κ1) is 9.48. The predicted octanol–water partition coefficient (Wildman–Crippen LogP) is 1.24. The van der Waals surface area contributed by atoms with Crippen molar-refractivity contribution in [2.45, 2.75) is 6.42 Å². The molecule has 0 saturated carbocycles. The molecule has 0 unspecified atom stereocenters. The summed E-state index contributed by atoms with van der Waals surface area (Å²) in [7, 11) is 0. The van der Waals surface area contributed by atoms with E-state index in [1.807, 2.05) is 0 Å². The summed E-state index contributed by atoms with van der Waals surface area (Å²) in [4.78, 5) is 16.2. The van der Waals surface area contributed by atoms with Crippen molar-refractivity contribution in [3.63, 3.8) is 0 Å². The highest BCUT2D eigenvalue weighted by atomic mass is 19.1. The van der Waals surface area contributed by atoms with Gasteiger partial charge in [-0.2, -0.15) is 0 Å². The summed E-state index contributed by atoms with van der Waals surface area (Å²) in [5, 5.41) is 0. The van der Waals surface area contributed by atoms with Gasteiger partial charge in [-0.25, -0.2) is 18.6 Å². The minimum atomic E-state index is -0.721. The van der Waals surface area contributed by atoms with Crippen molar-refractivity contribution in [2.24, 2.45) is 4.99 Å². The van der Waals surface area contributed by atoms with Crippen LogP contribution in [0, 0.1) is 11.6 Å². The van der Waals surface area contributed by atoms with Crippen LogP contribution in [0.5, 0.6) is 0 Å². The van der Waals surface area contributed by atoms with E-state index in [1.54, 1.807) is 0 Å². The van der Waals surface area contributed by atoms with Gasteiger partial charge < -0.3 is 0 Å². The predicted molar refractivity (Wildman–Crippen MR) is 40.8 cm³/mol. The number of pyridine rings is 1. The van der Waals surface area contributed by atoms with Crippen molar-refractivity contribution >= 4 is 6.08 Å². The van der Waals surface area contributed by atoms with E-state index < -0.39 is 11.6 Å². The maximum atomic E-state index is 12.8. The van der Waals surface area contributed by atoms with Crippen LogP contribution in [-0.2, 0) is 11.2 Å². The van der Waals surface area contributed by atoms with Crippen molar-refractivity contribution in [1.29, 1.82) is 0 Å². The number of aromatic nitrogens is 1. The Morgan fingerprint density at radius 3 is 2.54 bits per heavy atom. The first-order valence-corrected chi connectivity index (χ1v) is 3.57. The van der Waals surface area contributed by atoms with Crippen LogP contribution in [-0.4, -0.2) is 17.6 Å². The molecule has 5 heteroatoms. The molecular formula is C8H6F2N2O. The Bertz CT molecular complexity index is 328. The van der Waals surface area contributed by atoms with Crippen LogP contribution in [0.15, 0.2) is 17.4 Å². The van der Waals surface area contributed by atoms with Crippen LogP contribution in [0.25, 0.3) is 0 Å². The average molecular weight is 184 g/mol. The van der Waals surface area contributed by atoms with Gasteiger partial charge in [-0.05, 0) is 6.42 Å². The molecule has 1 rings (SSSR count). The lowest BCUT2D eigenvalue weighted by Gasteiger charge is -2.00. The molecule has 1 heterocycles. The Balaban J connectivity index is 2.80. The number of isocyanates is 1. The number of halogens is 2. The van der Waals surface area contributed by atoms with Crippen molar-refractivity contribution < 1.29 is 13.6 Å². The van der Waals surface area contributed by atoms with Crippen molar-refractivity contribution in [3.8, 4) is 0 Å². The monoisotopic (exact) mass is 184 g/mol. The Hall–Kier alpha value is -1.61. The fourth-order valence-electron chi connectivity index (χ4n) is 0.890. The highest BCUT2D eigenvalue weighted by Gasteiger charge is 2.07. The van der Waals surface area contributed by atoms with Crippen LogP contribution in [0.3, 0.4) is 0 Å². The molecule has 0 fully saturated rings. The molecule has 1 aromatic rings. The van der Waals surface area contributed by atoms with E-state index in [0.717, 1.165) is 12.4 Å². The van der Waals surface area contributed by atoms with Gasteiger partial charge in [0.05, 0.1) is 18.9 Å². The van der Waals surface area contributed by atoms with Crippen LogP contribution < -0.4 is 0 Å². The van der Waals surface area contributed by atoms with Crippen molar-refractivity contribution in [3.05, 3.63) is 29.6 Å². The van der Waals surface area contributed by atoms with E-state index in [9.17, 15) is 13.6 Å². The van der Waals surface area contributed by atoms with Crippen LogP contribution >= 0.6 is 0 Å². The van der Waals surface area contributed by atoms with Crippen LogP contribution in [0.4, 0.5) is 8.78 Å². The van der Waals surface area contributed by atoms with Gasteiger partial charge in [-0.1, -0.05) is 0 Å². The third-order valence-corrected chi connectivity index (χ3v) is 1.49. The lowest BCUT2D eigenvalue weighted by Crippen LogP contribution is -1.99. The second-order valence-electron chi connectivity index (χ2n) is 2.30. The van der Waals surface area contributed by atoms with E-state index in [4.69, 9.17) is 0 Å². The Morgan fingerprint density at radius 2 is 2.00 bits per heavy atom. The molecule has 0 bridgehead atoms. The molecule has 0 aliphatic rings. The molecule has 0 spiro atoms. The molecule has 13 heavy (non-hydrogen) atoms. The Morgan fingerprint density at radius 1 is 1.38 bits per heavy atom. The molecule has 1 aromatic heterocycles. The van der Waals surface area contributed by atoms with Gasteiger partial charge in [0.2, 0.25) is 6.08 Å². The third kappa shape index (κ3) is 2.42. The van der Waals surface area contributed by atoms with Gasteiger partial charge in [0, 0.05) is 5.56 Å². The first-order chi connectivity index (χ1) is 6.25. The SMILES string of the molecule is O=C=NCCc1c(F)cncc1F. The van der Waals surface area contributed by atoms with Crippen LogP contribution in [0.2, 0.25) is 0 Å². The van der Waals surface area contributed by atoms with Gasteiger partial charge >= 0.3 is 0 Å². The smallest absolute Gasteiger partial charge is 0.234 e. The van der Waals surface area contributed by atoms with E-state index in [2.05, 4.69) is 9.98 Å². The molecular weight excluding hydrogens is 178 g/mol. The van der Waals surface area contributed by atoms with E-state index >= 15 is 0 Å². The minimum Gasteiger partial charge on any atom is -0.259 e. The van der Waals surface area contributed by atoms with Crippen LogP contribution in [0.1, 0.15) is 5.56 Å². The summed E-state index contributed by atoms with van der Waals surface area (Å²) >= 11 is 0. The van der Waals surface area contributed by atoms with Crippen molar-refractivity contribution in [1.82, 2.24) is 4.98 Å². The second kappa shape index (κ2) is 4.42. The fraction of sp³-hybridized carbons (Fsp3) is 0.250. The van der Waals surface area contributed by atoms with Gasteiger partial charge in [-0.15, -0.1) is 0 Å². The lowest BCUT2D eigenvalue weighted by atomic mass is 10.2. The summed E-state index contributed by atoms with van der Waals surface area (Å²) in [5.41, 5.74) is -0.103. The van der Waals surface area contributed by atoms with E-state index in [0.29, 0.717) is 0 Å². The molecule has 0 radical (unpaired) electrons. The number of nitrogens with zero attached hydrogens (tertiary/aromatic N) is 2. The number of rotatable bonds is 3. The Labute approximate surface area is 73.1 Å². The molecule has 0 saturated heterocycles. The van der Waals surface area contributed by atoms with Gasteiger partial charge in [-0.3, -0.25) is 4.98 Å². The maximum Gasteiger partial charge on any atom is 0.234 e. The highest BCUT2D eigenvalue weighted by molar-refractivity contribution is 5.33. The molecule has 68 valence electrons. The third-order valence-electron chi connectivity index (χ3n) is 1.49. The zero-order valence-electron chi connectivity index (χ0n) is 6.63. The quantitative estimate of drug-likeness (QED) is 0.523. The lowest BCUT2D eigenvalue weighted by molar-refractivity contribution is 0.543. The standard InChI is InChI=1S/C8H6F2N2O/c9-7-3-12-4-8(10)6(7)1-2-11-5-13/h3-4H,1-2H2. The van der Waals surface area contributed by atoms with Gasteiger partial charge in [0.25, 0.3) is 0 Å².